The molecule has 4 aliphatic heterocycles. The highest BCUT2D eigenvalue weighted by Gasteiger charge is 2.36. The lowest BCUT2D eigenvalue weighted by atomic mass is 10.00. The van der Waals surface area contributed by atoms with Crippen LogP contribution in [0.5, 0.6) is 0 Å². The summed E-state index contributed by atoms with van der Waals surface area (Å²) in [6, 6.07) is 10.0. The van der Waals surface area contributed by atoms with E-state index in [9.17, 15) is 17.6 Å². The molecule has 450 valence electrons. The third-order valence-corrected chi connectivity index (χ3v) is 16.2. The predicted molar refractivity (Wildman–Crippen MR) is 295 cm³/mol. The Morgan fingerprint density at radius 2 is 0.400 bits per heavy atom. The Balaban J connectivity index is 1.28. The first kappa shape index (κ1) is 58.8. The summed E-state index contributed by atoms with van der Waals surface area (Å²) in [5.41, 5.74) is -18.3. The molecular weight excluding hydrogens is 1270 g/mol. The normalized spacial score (nSPS) is 12.5. The second-order valence-electron chi connectivity index (χ2n) is 19.4. The summed E-state index contributed by atoms with van der Waals surface area (Å²) < 4.78 is 313. The van der Waals surface area contributed by atoms with Crippen molar-refractivity contribution in [2.75, 3.05) is 0 Å². The molecule has 4 aromatic carbocycles. The van der Waals surface area contributed by atoms with Gasteiger partial charge in [0, 0.05) is 65.2 Å². The molecule has 5 aromatic heterocycles. The second kappa shape index (κ2) is 21.8. The molecule has 6 nitrogen and oxygen atoms in total. The molecule has 12 bridgehead atoms. The Bertz CT molecular complexity index is 4760. The Morgan fingerprint density at radius 3 is 0.622 bits per heavy atom. The van der Waals surface area contributed by atoms with Crippen LogP contribution < -0.4 is 0 Å². The van der Waals surface area contributed by atoms with Gasteiger partial charge in [-0.3, -0.25) is 0 Å². The van der Waals surface area contributed by atoms with Gasteiger partial charge < -0.3 is 9.97 Å². The van der Waals surface area contributed by atoms with E-state index in [2.05, 4.69) is 29.9 Å². The minimum atomic E-state index is -2.63. The molecule has 0 atom stereocenters. The maximum atomic E-state index is 16.4. The monoisotopic (exact) mass is 1290 g/mol. The van der Waals surface area contributed by atoms with Crippen molar-refractivity contribution < 1.29 is 87.8 Å². The molecule has 0 saturated heterocycles. The summed E-state index contributed by atoms with van der Waals surface area (Å²) in [5.74, 6) is -50.4. The lowest BCUT2D eigenvalue weighted by Crippen LogP contribution is -2.06. The van der Waals surface area contributed by atoms with Crippen LogP contribution in [0.1, 0.15) is 45.6 Å². The molecule has 0 unspecified atom stereocenters. The standard InChI is InChI=1S/C62H20F20N6S2/c63-43-39(44(64)52(72)59(79)51(43)71)35-23-9-5-19(83-23)33(31-3-1-17-89-31)20-6-10-24(84-20)36(40-45(65)53(73)60(80)54(74)46(40)66)28-14-16-30(88-28)38(42-49(69)57(77)62(82)58(78)50(42)70)26-12-8-22(86-26)34(32-4-2-18-90-32)21-7-11-25(85-21)37(29-15-13-27(35)87-29)41-47(67)55(75)61(81)56(76)48(41)68/h1-18,83,86H. The zero-order valence-electron chi connectivity index (χ0n) is 43.6. The van der Waals surface area contributed by atoms with Crippen molar-refractivity contribution in [2.45, 2.75) is 0 Å². The third kappa shape index (κ3) is 8.99. The van der Waals surface area contributed by atoms with Crippen LogP contribution in [-0.4, -0.2) is 29.9 Å². The van der Waals surface area contributed by atoms with Crippen molar-refractivity contribution in [3.8, 4) is 65.4 Å². The quantitative estimate of drug-likeness (QED) is 0.0987. The number of hydrogen-bond donors (Lipinski definition) is 2. The molecule has 28 heteroatoms. The molecular formula is C62H20F20N6S2. The van der Waals surface area contributed by atoms with Crippen LogP contribution in [0.25, 0.3) is 136 Å². The molecule has 2 N–H and O–H groups in total. The van der Waals surface area contributed by atoms with Gasteiger partial charge in [0.05, 0.1) is 67.8 Å². The third-order valence-electron chi connectivity index (χ3n) is 14.4. The van der Waals surface area contributed by atoms with Crippen LogP contribution in [0, 0.1) is 116 Å². The minimum absolute atomic E-state index is 0.124. The van der Waals surface area contributed by atoms with Gasteiger partial charge in [0.15, 0.2) is 93.1 Å². The van der Waals surface area contributed by atoms with E-state index >= 15 is 70.2 Å². The number of benzene rings is 4. The highest BCUT2D eigenvalue weighted by Crippen LogP contribution is 2.46. The van der Waals surface area contributed by atoms with Crippen LogP contribution in [0.15, 0.2) is 59.3 Å². The zero-order chi connectivity index (χ0) is 63.8. The Hall–Kier alpha value is -10.2. The number of H-pyrrole nitrogens is 2. The number of fused-ring (bicyclic) bond motifs is 12. The Kier molecular flexibility index (Phi) is 14.3. The summed E-state index contributed by atoms with van der Waals surface area (Å²) >= 11 is 1.87. The van der Waals surface area contributed by atoms with Gasteiger partial charge in [-0.2, -0.15) is 0 Å². The van der Waals surface area contributed by atoms with Crippen molar-refractivity contribution in [3.05, 3.63) is 221 Å². The highest BCUT2D eigenvalue weighted by molar-refractivity contribution is 7.14. The van der Waals surface area contributed by atoms with Gasteiger partial charge in [-0.15, -0.1) is 22.7 Å². The number of hydrogen-bond acceptors (Lipinski definition) is 6. The van der Waals surface area contributed by atoms with Crippen LogP contribution in [0.3, 0.4) is 0 Å². The average molecular weight is 1290 g/mol. The van der Waals surface area contributed by atoms with E-state index in [0.29, 0.717) is 0 Å². The van der Waals surface area contributed by atoms with Gasteiger partial charge in [0.1, 0.15) is 0 Å². The highest BCUT2D eigenvalue weighted by atomic mass is 32.1. The molecule has 9 heterocycles. The van der Waals surface area contributed by atoms with E-state index in [1.54, 1.807) is 0 Å². The first-order valence-electron chi connectivity index (χ1n) is 25.3. The minimum Gasteiger partial charge on any atom is -0.354 e. The van der Waals surface area contributed by atoms with E-state index < -0.39 is 206 Å². The zero-order valence-corrected chi connectivity index (χ0v) is 45.2. The first-order valence-corrected chi connectivity index (χ1v) is 27.1. The second-order valence-corrected chi connectivity index (χ2v) is 21.3. The molecule has 0 saturated carbocycles. The number of aromatic nitrogens is 6. The fraction of sp³-hybridized carbons (Fsp3) is 0. The van der Waals surface area contributed by atoms with Gasteiger partial charge in [0.25, 0.3) is 0 Å². The number of aromatic amines is 2. The van der Waals surface area contributed by atoms with Crippen molar-refractivity contribution in [1.82, 2.24) is 29.9 Å². The number of nitrogens with one attached hydrogen (secondary N) is 2. The molecule has 90 heavy (non-hydrogen) atoms. The lowest BCUT2D eigenvalue weighted by Gasteiger charge is -2.11. The molecule has 13 rings (SSSR count). The van der Waals surface area contributed by atoms with E-state index in [4.69, 9.17) is 0 Å². The number of rotatable bonds is 6. The van der Waals surface area contributed by atoms with Gasteiger partial charge in [0.2, 0.25) is 23.3 Å². The number of thiophene rings is 2. The fourth-order valence-electron chi connectivity index (χ4n) is 10.4. The van der Waals surface area contributed by atoms with Gasteiger partial charge in [-0.05, 0) is 95.8 Å². The molecule has 0 spiro atoms. The van der Waals surface area contributed by atoms with Crippen molar-refractivity contribution in [3.63, 3.8) is 0 Å². The van der Waals surface area contributed by atoms with Crippen LogP contribution in [0.4, 0.5) is 87.8 Å². The van der Waals surface area contributed by atoms with Gasteiger partial charge >= 0.3 is 0 Å². The molecule has 0 radical (unpaired) electrons. The van der Waals surface area contributed by atoms with Crippen LogP contribution >= 0.6 is 22.7 Å². The number of nitrogens with zero attached hydrogens (tertiary/aromatic N) is 4. The lowest BCUT2D eigenvalue weighted by molar-refractivity contribution is 0.381. The molecule has 0 amide bonds. The summed E-state index contributed by atoms with van der Waals surface area (Å²) in [4.78, 5) is 23.3. The van der Waals surface area contributed by atoms with Crippen LogP contribution in [0.2, 0.25) is 0 Å². The van der Waals surface area contributed by atoms with E-state index in [1.165, 1.54) is 35.0 Å². The van der Waals surface area contributed by atoms with Crippen molar-refractivity contribution in [2.24, 2.45) is 0 Å². The average Bonchev–Trinajstić information content (AvgIpc) is 1.36. The smallest absolute Gasteiger partial charge is 0.200 e. The van der Waals surface area contributed by atoms with E-state index in [-0.39, 0.29) is 43.3 Å². The predicted octanol–water partition coefficient (Wildman–Crippen LogP) is 19.6. The maximum Gasteiger partial charge on any atom is 0.200 e. The van der Waals surface area contributed by atoms with Crippen molar-refractivity contribution in [1.29, 1.82) is 0 Å². The van der Waals surface area contributed by atoms with Crippen molar-refractivity contribution >= 4 is 93.3 Å². The Labute approximate surface area is 495 Å². The first-order chi connectivity index (χ1) is 43.0. The molecule has 4 aliphatic rings. The summed E-state index contributed by atoms with van der Waals surface area (Å²) in [5, 5.41) is 2.98. The molecule has 0 fully saturated rings. The number of halogens is 20. The summed E-state index contributed by atoms with van der Waals surface area (Å²) in [6.07, 6.45) is 7.29. The maximum absolute atomic E-state index is 16.4. The molecule has 0 aliphatic carbocycles. The Morgan fingerprint density at radius 1 is 0.211 bits per heavy atom. The summed E-state index contributed by atoms with van der Waals surface area (Å²) in [6.45, 7) is 0. The van der Waals surface area contributed by atoms with Gasteiger partial charge in [-0.1, -0.05) is 12.1 Å². The SMILES string of the molecule is Fc1c(F)c(F)c(-c2c3nc(c(-c4cccs4)c4ccc([nH]4)c(-c4c(F)c(F)c(F)c(F)c4F)c4nc(c(-c5c(F)c(F)c(F)c(F)c5F)c5nc(c(-c6cccs6)c6ccc([nH]6)c(-c6c(F)c(F)c(F)c(F)c6F)c6nc2C=C6)C=C5)C=C4)C=C3)c(F)c1F. The molecule has 9 aromatic rings. The fourth-order valence-corrected chi connectivity index (χ4v) is 12.0. The van der Waals surface area contributed by atoms with Gasteiger partial charge in [-0.25, -0.2) is 108 Å². The van der Waals surface area contributed by atoms with E-state index in [1.807, 2.05) is 0 Å². The summed E-state index contributed by atoms with van der Waals surface area (Å²) in [7, 11) is 0. The largest absolute Gasteiger partial charge is 0.354 e. The topological polar surface area (TPSA) is 83.1 Å². The van der Waals surface area contributed by atoms with E-state index in [0.717, 1.165) is 95.5 Å². The van der Waals surface area contributed by atoms with Crippen LogP contribution in [-0.2, 0) is 0 Å².